The molecule has 0 atom stereocenters. The first-order chi connectivity index (χ1) is 9.60. The lowest BCUT2D eigenvalue weighted by molar-refractivity contribution is 0.280. The highest BCUT2D eigenvalue weighted by Crippen LogP contribution is 2.46. The van der Waals surface area contributed by atoms with Gasteiger partial charge in [-0.15, -0.1) is 0 Å². The monoisotopic (exact) mass is 297 g/mol. The van der Waals surface area contributed by atoms with E-state index in [1.54, 1.807) is 14.2 Å². The van der Waals surface area contributed by atoms with Gasteiger partial charge in [0.25, 0.3) is 0 Å². The number of ether oxygens (including phenoxy) is 2. The van der Waals surface area contributed by atoms with E-state index >= 15 is 0 Å². The molecule has 1 aromatic carbocycles. The van der Waals surface area contributed by atoms with Crippen LogP contribution in [-0.2, 0) is 11.1 Å². The van der Waals surface area contributed by atoms with Crippen molar-refractivity contribution in [3.05, 3.63) is 23.8 Å². The van der Waals surface area contributed by atoms with Crippen molar-refractivity contribution in [2.24, 2.45) is 0 Å². The van der Waals surface area contributed by atoms with E-state index in [9.17, 15) is 4.57 Å². The number of methoxy groups -OCH3 is 2. The van der Waals surface area contributed by atoms with Gasteiger partial charge in [0.05, 0.1) is 21.4 Å². The highest BCUT2D eigenvalue weighted by atomic mass is 31.2. The summed E-state index contributed by atoms with van der Waals surface area (Å²) in [4.78, 5) is 2.36. The van der Waals surface area contributed by atoms with Gasteiger partial charge < -0.3 is 14.0 Å². The van der Waals surface area contributed by atoms with Crippen molar-refractivity contribution < 1.29 is 14.0 Å². The Bertz CT molecular complexity index is 492. The molecule has 1 aromatic rings. The van der Waals surface area contributed by atoms with E-state index in [0.29, 0.717) is 0 Å². The second-order valence-corrected chi connectivity index (χ2v) is 8.92. The van der Waals surface area contributed by atoms with E-state index < -0.39 is 7.14 Å². The third-order valence-electron chi connectivity index (χ3n) is 4.11. The fourth-order valence-corrected chi connectivity index (χ4v) is 4.72. The third kappa shape index (κ3) is 3.56. The Morgan fingerprint density at radius 2 is 1.90 bits per heavy atom. The first-order valence-electron chi connectivity index (χ1n) is 7.10. The quantitative estimate of drug-likeness (QED) is 0.783. The smallest absolute Gasteiger partial charge is 0.127 e. The molecular formula is C15H24NO3P. The van der Waals surface area contributed by atoms with E-state index in [4.69, 9.17) is 9.47 Å². The number of hydrogen-bond acceptors (Lipinski definition) is 4. The van der Waals surface area contributed by atoms with E-state index in [0.717, 1.165) is 55.2 Å². The van der Waals surface area contributed by atoms with Gasteiger partial charge in [0.15, 0.2) is 0 Å². The van der Waals surface area contributed by atoms with Crippen LogP contribution in [0, 0.1) is 0 Å². The topological polar surface area (TPSA) is 38.8 Å². The summed E-state index contributed by atoms with van der Waals surface area (Å²) >= 11 is 0. The second-order valence-electron chi connectivity index (χ2n) is 5.28. The van der Waals surface area contributed by atoms with Gasteiger partial charge >= 0.3 is 0 Å². The van der Waals surface area contributed by atoms with Crippen LogP contribution in [0.4, 0.5) is 0 Å². The van der Waals surface area contributed by atoms with Gasteiger partial charge in [-0.2, -0.15) is 0 Å². The fourth-order valence-electron chi connectivity index (χ4n) is 2.57. The zero-order chi connectivity index (χ0) is 14.6. The van der Waals surface area contributed by atoms with Crippen LogP contribution in [0.25, 0.3) is 0 Å². The molecule has 0 saturated carbocycles. The summed E-state index contributed by atoms with van der Waals surface area (Å²) in [5.41, 5.74) is 1.15. The minimum Gasteiger partial charge on any atom is -0.497 e. The maximum atomic E-state index is 12.3. The molecule has 0 spiro atoms. The van der Waals surface area contributed by atoms with Crippen molar-refractivity contribution in [3.63, 3.8) is 0 Å². The van der Waals surface area contributed by atoms with Gasteiger partial charge in [0.2, 0.25) is 0 Å². The Hall–Kier alpha value is -0.990. The SMILES string of the molecule is CCP1(=O)CCN(Cc2ccc(OC)cc2OC)CC1. The van der Waals surface area contributed by atoms with Gasteiger partial charge in [-0.05, 0) is 12.2 Å². The molecule has 0 N–H and O–H groups in total. The predicted octanol–water partition coefficient (Wildman–Crippen LogP) is 2.90. The van der Waals surface area contributed by atoms with Gasteiger partial charge in [0.1, 0.15) is 11.5 Å². The van der Waals surface area contributed by atoms with Crippen molar-refractivity contribution in [1.82, 2.24) is 4.90 Å². The van der Waals surface area contributed by atoms with Crippen LogP contribution in [0.3, 0.4) is 0 Å². The second kappa shape index (κ2) is 6.64. The highest BCUT2D eigenvalue weighted by Gasteiger charge is 2.27. The molecule has 0 bridgehead atoms. The van der Waals surface area contributed by atoms with Crippen LogP contribution in [0.5, 0.6) is 11.5 Å². The van der Waals surface area contributed by atoms with Crippen molar-refractivity contribution in [3.8, 4) is 11.5 Å². The molecule has 1 aliphatic rings. The van der Waals surface area contributed by atoms with E-state index in [-0.39, 0.29) is 0 Å². The zero-order valence-electron chi connectivity index (χ0n) is 12.6. The molecule has 5 heteroatoms. The molecule has 0 aromatic heterocycles. The normalized spacial score (nSPS) is 18.8. The van der Waals surface area contributed by atoms with Crippen LogP contribution in [-0.4, -0.2) is 50.7 Å². The molecule has 2 rings (SSSR count). The summed E-state index contributed by atoms with van der Waals surface area (Å²) in [6, 6.07) is 5.92. The Morgan fingerprint density at radius 1 is 1.20 bits per heavy atom. The molecule has 4 nitrogen and oxygen atoms in total. The molecular weight excluding hydrogens is 273 g/mol. The van der Waals surface area contributed by atoms with Crippen molar-refractivity contribution in [2.45, 2.75) is 13.5 Å². The summed E-state index contributed by atoms with van der Waals surface area (Å²) in [6.07, 6.45) is 2.54. The van der Waals surface area contributed by atoms with Crippen LogP contribution < -0.4 is 9.47 Å². The maximum absolute atomic E-state index is 12.3. The number of hydrogen-bond donors (Lipinski definition) is 0. The van der Waals surface area contributed by atoms with Crippen LogP contribution in [0.2, 0.25) is 0 Å². The fraction of sp³-hybridized carbons (Fsp3) is 0.600. The van der Waals surface area contributed by atoms with Crippen LogP contribution >= 0.6 is 7.14 Å². The Labute approximate surface area is 121 Å². The summed E-state index contributed by atoms with van der Waals surface area (Å²) in [6.45, 7) is 4.72. The summed E-state index contributed by atoms with van der Waals surface area (Å²) < 4.78 is 23.0. The van der Waals surface area contributed by atoms with Crippen molar-refractivity contribution in [2.75, 3.05) is 45.8 Å². The molecule has 0 unspecified atom stereocenters. The van der Waals surface area contributed by atoms with Gasteiger partial charge in [-0.3, -0.25) is 4.90 Å². The number of rotatable bonds is 5. The minimum absolute atomic E-state index is 0.805. The van der Waals surface area contributed by atoms with Crippen LogP contribution in [0.1, 0.15) is 12.5 Å². The molecule has 1 heterocycles. The standard InChI is InChI=1S/C15H24NO3P/c1-4-20(17)9-7-16(8-10-20)12-13-5-6-14(18-2)11-15(13)19-3/h5-6,11H,4,7-10,12H2,1-3H3. The first kappa shape index (κ1) is 15.4. The van der Waals surface area contributed by atoms with Crippen molar-refractivity contribution >= 4 is 7.14 Å². The van der Waals surface area contributed by atoms with E-state index in [1.165, 1.54) is 0 Å². The summed E-state index contributed by atoms with van der Waals surface area (Å²) in [7, 11) is 1.47. The lowest BCUT2D eigenvalue weighted by Gasteiger charge is -2.32. The molecule has 1 aliphatic heterocycles. The largest absolute Gasteiger partial charge is 0.497 e. The predicted molar refractivity (Wildman–Crippen MR) is 82.7 cm³/mol. The lowest BCUT2D eigenvalue weighted by atomic mass is 10.1. The van der Waals surface area contributed by atoms with Gasteiger partial charge in [-0.1, -0.05) is 13.0 Å². The first-order valence-corrected chi connectivity index (χ1v) is 9.37. The third-order valence-corrected chi connectivity index (χ3v) is 7.29. The average Bonchev–Trinajstić information content (AvgIpc) is 2.50. The minimum atomic E-state index is -1.86. The van der Waals surface area contributed by atoms with E-state index in [2.05, 4.69) is 4.90 Å². The average molecular weight is 297 g/mol. The van der Waals surface area contributed by atoms with Crippen LogP contribution in [0.15, 0.2) is 18.2 Å². The molecule has 1 saturated heterocycles. The summed E-state index contributed by atoms with van der Waals surface area (Å²) in [5, 5.41) is 0. The Kier molecular flexibility index (Phi) is 5.11. The number of benzene rings is 1. The lowest BCUT2D eigenvalue weighted by Crippen LogP contribution is -2.34. The molecule has 112 valence electrons. The number of nitrogens with zero attached hydrogens (tertiary/aromatic N) is 1. The van der Waals surface area contributed by atoms with Crippen molar-refractivity contribution in [1.29, 1.82) is 0 Å². The molecule has 20 heavy (non-hydrogen) atoms. The zero-order valence-corrected chi connectivity index (χ0v) is 13.5. The maximum Gasteiger partial charge on any atom is 0.127 e. The molecule has 0 amide bonds. The Morgan fingerprint density at radius 3 is 2.45 bits per heavy atom. The van der Waals surface area contributed by atoms with E-state index in [1.807, 2.05) is 25.1 Å². The highest BCUT2D eigenvalue weighted by molar-refractivity contribution is 7.64. The molecule has 1 fully saturated rings. The molecule has 0 radical (unpaired) electrons. The Balaban J connectivity index is 2.02. The van der Waals surface area contributed by atoms with Gasteiger partial charge in [0, 0.05) is 43.6 Å². The summed E-state index contributed by atoms with van der Waals surface area (Å²) in [5.74, 6) is 1.66. The van der Waals surface area contributed by atoms with Gasteiger partial charge in [-0.25, -0.2) is 0 Å². The molecule has 0 aliphatic carbocycles.